The van der Waals surface area contributed by atoms with E-state index in [0.29, 0.717) is 23.9 Å². The molecule has 0 spiro atoms. The summed E-state index contributed by atoms with van der Waals surface area (Å²) in [6, 6.07) is 20.4. The molecule has 0 atom stereocenters. The molecule has 2 amide bonds. The molecule has 1 heterocycles. The number of rotatable bonds is 6. The molecule has 5 nitrogen and oxygen atoms in total. The molecular weight excluding hydrogens is 412 g/mol. The molecule has 4 aromatic rings. The van der Waals surface area contributed by atoms with E-state index in [-0.39, 0.29) is 17.9 Å². The van der Waals surface area contributed by atoms with Crippen LogP contribution in [0.5, 0.6) is 0 Å². The quantitative estimate of drug-likeness (QED) is 0.427. The molecule has 1 aromatic heterocycles. The van der Waals surface area contributed by atoms with Crippen LogP contribution in [0.3, 0.4) is 0 Å². The maximum absolute atomic E-state index is 13.6. The Hall–Kier alpha value is -3.60. The minimum atomic E-state index is -0.0640. The topological polar surface area (TPSA) is 62.6 Å². The van der Waals surface area contributed by atoms with Crippen molar-refractivity contribution in [3.8, 4) is 0 Å². The molecule has 6 rings (SSSR count). The van der Waals surface area contributed by atoms with Crippen molar-refractivity contribution >= 4 is 33.6 Å². The number of furan rings is 1. The Morgan fingerprint density at radius 1 is 0.939 bits per heavy atom. The summed E-state index contributed by atoms with van der Waals surface area (Å²) in [4.78, 5) is 27.8. The van der Waals surface area contributed by atoms with E-state index >= 15 is 0 Å². The number of carbonyl (C=O) groups excluding carboxylic acids is 2. The Kier molecular flexibility index (Phi) is 4.72. The summed E-state index contributed by atoms with van der Waals surface area (Å²) in [5, 5.41) is 6.12. The number of hydrogen-bond donors (Lipinski definition) is 1. The first-order chi connectivity index (χ1) is 16.1. The molecule has 2 aliphatic rings. The van der Waals surface area contributed by atoms with Gasteiger partial charge >= 0.3 is 0 Å². The zero-order valence-corrected chi connectivity index (χ0v) is 18.6. The molecule has 2 saturated carbocycles. The highest BCUT2D eigenvalue weighted by Crippen LogP contribution is 2.35. The first kappa shape index (κ1) is 20.0. The Morgan fingerprint density at radius 2 is 1.70 bits per heavy atom. The van der Waals surface area contributed by atoms with E-state index in [2.05, 4.69) is 17.4 Å². The molecule has 0 unspecified atom stereocenters. The van der Waals surface area contributed by atoms with E-state index in [4.69, 9.17) is 4.42 Å². The van der Waals surface area contributed by atoms with E-state index in [1.54, 1.807) is 0 Å². The molecule has 3 aromatic carbocycles. The van der Waals surface area contributed by atoms with Gasteiger partial charge in [-0.3, -0.25) is 9.59 Å². The molecule has 0 bridgehead atoms. The zero-order valence-electron chi connectivity index (χ0n) is 18.6. The third kappa shape index (κ3) is 3.78. The lowest BCUT2D eigenvalue weighted by molar-refractivity contribution is 0.0698. The van der Waals surface area contributed by atoms with Crippen LogP contribution in [0.4, 0.5) is 0 Å². The Balaban J connectivity index is 1.28. The zero-order chi connectivity index (χ0) is 22.5. The average Bonchev–Trinajstić information content (AvgIpc) is 3.77. The number of fused-ring (bicyclic) bond motifs is 3. The van der Waals surface area contributed by atoms with Crippen molar-refractivity contribution in [3.05, 3.63) is 83.1 Å². The molecule has 0 radical (unpaired) electrons. The van der Waals surface area contributed by atoms with Crippen LogP contribution in [0.2, 0.25) is 0 Å². The van der Waals surface area contributed by atoms with Gasteiger partial charge in [-0.1, -0.05) is 48.5 Å². The lowest BCUT2D eigenvalue weighted by Crippen LogP contribution is -2.32. The second kappa shape index (κ2) is 7.77. The Bertz CT molecular complexity index is 1380. The summed E-state index contributed by atoms with van der Waals surface area (Å²) in [6.45, 7) is 2.47. The largest absolute Gasteiger partial charge is 0.450 e. The van der Waals surface area contributed by atoms with E-state index in [1.165, 1.54) is 0 Å². The fourth-order valence-electron chi connectivity index (χ4n) is 4.49. The van der Waals surface area contributed by atoms with Gasteiger partial charge < -0.3 is 14.6 Å². The number of benzene rings is 3. The number of amides is 2. The van der Waals surface area contributed by atoms with Crippen molar-refractivity contribution in [3.63, 3.8) is 0 Å². The number of nitrogens with one attached hydrogen (secondary N) is 1. The standard InChI is InChI=1S/C28H26N2O3/c1-17-23-15-10-19-4-2-3-5-24(19)26(23)33-25(17)28(32)30(22-13-14-22)16-18-6-8-20(9-7-18)27(31)29-21-11-12-21/h2-10,15,21-22H,11-14,16H2,1H3,(H,29,31). The van der Waals surface area contributed by atoms with Crippen LogP contribution in [-0.2, 0) is 6.54 Å². The molecule has 0 saturated heterocycles. The van der Waals surface area contributed by atoms with Gasteiger partial charge in [0.05, 0.1) is 0 Å². The van der Waals surface area contributed by atoms with Gasteiger partial charge in [-0.25, -0.2) is 0 Å². The Morgan fingerprint density at radius 3 is 2.42 bits per heavy atom. The summed E-state index contributed by atoms with van der Waals surface area (Å²) in [5.41, 5.74) is 3.33. The second-order valence-electron chi connectivity index (χ2n) is 9.33. The number of carbonyl (C=O) groups is 2. The average molecular weight is 439 g/mol. The summed E-state index contributed by atoms with van der Waals surface area (Å²) < 4.78 is 6.22. The minimum Gasteiger partial charge on any atom is -0.450 e. The number of hydrogen-bond acceptors (Lipinski definition) is 3. The van der Waals surface area contributed by atoms with Gasteiger partial charge in [0.25, 0.3) is 11.8 Å². The van der Waals surface area contributed by atoms with Gasteiger partial charge in [0, 0.05) is 40.5 Å². The summed E-state index contributed by atoms with van der Waals surface area (Å²) in [6.07, 6.45) is 4.16. The second-order valence-corrected chi connectivity index (χ2v) is 9.33. The number of aryl methyl sites for hydroxylation is 1. The highest BCUT2D eigenvalue weighted by atomic mass is 16.3. The molecule has 2 aliphatic carbocycles. The monoisotopic (exact) mass is 438 g/mol. The van der Waals surface area contributed by atoms with Crippen LogP contribution in [-0.4, -0.2) is 28.8 Å². The van der Waals surface area contributed by atoms with Gasteiger partial charge in [-0.15, -0.1) is 0 Å². The maximum Gasteiger partial charge on any atom is 0.290 e. The fourth-order valence-corrected chi connectivity index (χ4v) is 4.49. The molecule has 1 N–H and O–H groups in total. The predicted molar refractivity (Wildman–Crippen MR) is 128 cm³/mol. The molecule has 166 valence electrons. The van der Waals surface area contributed by atoms with Crippen LogP contribution in [0.25, 0.3) is 21.7 Å². The number of nitrogens with zero attached hydrogens (tertiary/aromatic N) is 1. The molecule has 0 aliphatic heterocycles. The lowest BCUT2D eigenvalue weighted by atomic mass is 10.1. The van der Waals surface area contributed by atoms with Crippen LogP contribution in [0.15, 0.2) is 65.1 Å². The van der Waals surface area contributed by atoms with Crippen molar-refractivity contribution < 1.29 is 14.0 Å². The smallest absolute Gasteiger partial charge is 0.290 e. The summed E-state index contributed by atoms with van der Waals surface area (Å²) in [5.74, 6) is 0.337. The van der Waals surface area contributed by atoms with Crippen molar-refractivity contribution in [1.82, 2.24) is 10.2 Å². The fraction of sp³-hybridized carbons (Fsp3) is 0.286. The molecule has 33 heavy (non-hydrogen) atoms. The normalized spacial score (nSPS) is 15.7. The molecular formula is C28H26N2O3. The minimum absolute atomic E-state index is 0.0238. The van der Waals surface area contributed by atoms with Crippen LogP contribution < -0.4 is 5.32 Å². The van der Waals surface area contributed by atoms with Crippen molar-refractivity contribution in [2.75, 3.05) is 0 Å². The maximum atomic E-state index is 13.6. The van der Waals surface area contributed by atoms with Gasteiger partial charge in [0.2, 0.25) is 0 Å². The van der Waals surface area contributed by atoms with E-state index in [0.717, 1.165) is 58.6 Å². The summed E-state index contributed by atoms with van der Waals surface area (Å²) >= 11 is 0. The van der Waals surface area contributed by atoms with Gasteiger partial charge in [0.15, 0.2) is 5.76 Å². The van der Waals surface area contributed by atoms with E-state index in [9.17, 15) is 9.59 Å². The van der Waals surface area contributed by atoms with Gasteiger partial charge in [-0.05, 0) is 55.7 Å². The van der Waals surface area contributed by atoms with Crippen molar-refractivity contribution in [1.29, 1.82) is 0 Å². The van der Waals surface area contributed by atoms with Crippen LogP contribution in [0, 0.1) is 6.92 Å². The third-order valence-electron chi connectivity index (χ3n) is 6.75. The highest BCUT2D eigenvalue weighted by molar-refractivity contribution is 6.09. The first-order valence-electron chi connectivity index (χ1n) is 11.7. The molecule has 2 fully saturated rings. The van der Waals surface area contributed by atoms with E-state index in [1.807, 2.05) is 60.4 Å². The van der Waals surface area contributed by atoms with Gasteiger partial charge in [-0.2, -0.15) is 0 Å². The molecule has 5 heteroatoms. The lowest BCUT2D eigenvalue weighted by Gasteiger charge is -2.22. The summed E-state index contributed by atoms with van der Waals surface area (Å²) in [7, 11) is 0. The predicted octanol–water partition coefficient (Wildman–Crippen LogP) is 5.59. The Labute approximate surface area is 192 Å². The van der Waals surface area contributed by atoms with Crippen LogP contribution in [0.1, 0.15) is 57.7 Å². The van der Waals surface area contributed by atoms with Gasteiger partial charge in [0.1, 0.15) is 5.58 Å². The van der Waals surface area contributed by atoms with E-state index < -0.39 is 0 Å². The van der Waals surface area contributed by atoms with Crippen molar-refractivity contribution in [2.45, 2.75) is 51.2 Å². The van der Waals surface area contributed by atoms with Crippen molar-refractivity contribution in [2.24, 2.45) is 0 Å². The van der Waals surface area contributed by atoms with Crippen LogP contribution >= 0.6 is 0 Å². The third-order valence-corrected chi connectivity index (χ3v) is 6.75. The SMILES string of the molecule is Cc1c(C(=O)N(Cc2ccc(C(=O)NC3CC3)cc2)C2CC2)oc2c1ccc1ccccc12. The highest BCUT2D eigenvalue weighted by Gasteiger charge is 2.35. The first-order valence-corrected chi connectivity index (χ1v) is 11.7.